The van der Waals surface area contributed by atoms with Crippen LogP contribution >= 0.6 is 0 Å². The largest absolute Gasteiger partial charge is 0.495 e. The van der Waals surface area contributed by atoms with Gasteiger partial charge in [0.1, 0.15) is 11.5 Å². The second-order valence-corrected chi connectivity index (χ2v) is 6.22. The predicted molar refractivity (Wildman–Crippen MR) is 103 cm³/mol. The maximum Gasteiger partial charge on any atom is 0.247 e. The fourth-order valence-corrected chi connectivity index (χ4v) is 3.14. The van der Waals surface area contributed by atoms with Crippen molar-refractivity contribution in [2.45, 2.75) is 6.54 Å². The minimum absolute atomic E-state index is 0.562. The molecule has 2 aromatic heterocycles. The summed E-state index contributed by atoms with van der Waals surface area (Å²) in [6.45, 7) is 3.94. The average Bonchev–Trinajstić information content (AvgIpc) is 3.26. The summed E-state index contributed by atoms with van der Waals surface area (Å²) in [5.41, 5.74) is 1.12. The maximum absolute atomic E-state index is 5.48. The molecule has 0 unspecified atom stereocenters. The average molecular weight is 366 g/mol. The molecule has 0 radical (unpaired) electrons. The van der Waals surface area contributed by atoms with Crippen LogP contribution in [0.4, 0.5) is 17.5 Å². The molecule has 3 heterocycles. The number of anilines is 3. The molecule has 1 aliphatic heterocycles. The van der Waals surface area contributed by atoms with Crippen molar-refractivity contribution in [2.75, 3.05) is 48.4 Å². The van der Waals surface area contributed by atoms with E-state index in [2.05, 4.69) is 36.4 Å². The van der Waals surface area contributed by atoms with Crippen molar-refractivity contribution in [2.24, 2.45) is 0 Å². The van der Waals surface area contributed by atoms with E-state index in [1.165, 1.54) is 0 Å². The van der Waals surface area contributed by atoms with Crippen LogP contribution in [0.15, 0.2) is 53.3 Å². The molecule has 1 saturated heterocycles. The van der Waals surface area contributed by atoms with Gasteiger partial charge < -0.3 is 24.3 Å². The lowest BCUT2D eigenvalue weighted by Crippen LogP contribution is -2.47. The Morgan fingerprint density at radius 3 is 2.67 bits per heavy atom. The van der Waals surface area contributed by atoms with Crippen molar-refractivity contribution in [1.82, 2.24) is 15.2 Å². The van der Waals surface area contributed by atoms with Crippen molar-refractivity contribution in [3.8, 4) is 5.75 Å². The molecule has 1 aliphatic rings. The number of furan rings is 1. The molecule has 0 spiro atoms. The third-order valence-electron chi connectivity index (χ3n) is 4.56. The van der Waals surface area contributed by atoms with E-state index in [0.29, 0.717) is 18.3 Å². The lowest BCUT2D eigenvalue weighted by molar-refractivity contribution is 0.413. The van der Waals surface area contributed by atoms with Crippen molar-refractivity contribution < 1.29 is 9.15 Å². The van der Waals surface area contributed by atoms with Crippen LogP contribution in [0.5, 0.6) is 5.75 Å². The number of aromatic nitrogens is 3. The minimum Gasteiger partial charge on any atom is -0.495 e. The standard InChI is InChI=1S/C19H22N6O2/c1-26-17-7-3-2-6-16(17)24-8-10-25(11-9-24)19-22-18(14-21-23-19)20-13-15-5-4-12-27-15/h2-7,12,14H,8-11,13H2,1H3,(H,20,22,23). The van der Waals surface area contributed by atoms with Gasteiger partial charge in [0.2, 0.25) is 5.95 Å². The Hall–Kier alpha value is -3.29. The first-order chi connectivity index (χ1) is 13.3. The number of methoxy groups -OCH3 is 1. The van der Waals surface area contributed by atoms with Gasteiger partial charge in [-0.3, -0.25) is 0 Å². The number of nitrogens with zero attached hydrogens (tertiary/aromatic N) is 5. The molecule has 8 heteroatoms. The number of benzene rings is 1. The maximum atomic E-state index is 5.48. The van der Waals surface area contributed by atoms with E-state index in [0.717, 1.165) is 43.4 Å². The fraction of sp³-hybridized carbons (Fsp3) is 0.316. The van der Waals surface area contributed by atoms with Crippen LogP contribution in [-0.4, -0.2) is 48.5 Å². The number of piperazine rings is 1. The second-order valence-electron chi connectivity index (χ2n) is 6.22. The number of hydrogen-bond donors (Lipinski definition) is 1. The van der Waals surface area contributed by atoms with E-state index in [1.54, 1.807) is 19.6 Å². The zero-order valence-corrected chi connectivity index (χ0v) is 15.2. The van der Waals surface area contributed by atoms with Crippen molar-refractivity contribution in [3.63, 3.8) is 0 Å². The van der Waals surface area contributed by atoms with Gasteiger partial charge in [-0.25, -0.2) is 0 Å². The lowest BCUT2D eigenvalue weighted by atomic mass is 10.2. The molecule has 140 valence electrons. The number of para-hydroxylation sites is 2. The second kappa shape index (κ2) is 7.94. The summed E-state index contributed by atoms with van der Waals surface area (Å²) in [5, 5.41) is 11.5. The molecule has 4 rings (SSSR count). The third-order valence-corrected chi connectivity index (χ3v) is 4.56. The Labute approximate surface area is 157 Å². The first-order valence-electron chi connectivity index (χ1n) is 8.92. The molecule has 0 atom stereocenters. The SMILES string of the molecule is COc1ccccc1N1CCN(c2nncc(NCc3ccco3)n2)CC1. The molecule has 0 bridgehead atoms. The molecule has 0 amide bonds. The first kappa shape index (κ1) is 17.1. The number of nitrogens with one attached hydrogen (secondary N) is 1. The highest BCUT2D eigenvalue weighted by molar-refractivity contribution is 5.59. The molecule has 27 heavy (non-hydrogen) atoms. The molecule has 0 aliphatic carbocycles. The topological polar surface area (TPSA) is 79.5 Å². The van der Waals surface area contributed by atoms with Crippen LogP contribution in [0.1, 0.15) is 5.76 Å². The van der Waals surface area contributed by atoms with Crippen molar-refractivity contribution in [1.29, 1.82) is 0 Å². The molecule has 3 aromatic rings. The van der Waals surface area contributed by atoms with Gasteiger partial charge in [0.15, 0.2) is 5.82 Å². The minimum atomic E-state index is 0.562. The first-order valence-corrected chi connectivity index (χ1v) is 8.92. The van der Waals surface area contributed by atoms with E-state index in [4.69, 9.17) is 9.15 Å². The summed E-state index contributed by atoms with van der Waals surface area (Å²) < 4.78 is 10.8. The summed E-state index contributed by atoms with van der Waals surface area (Å²) in [6.07, 6.45) is 3.28. The highest BCUT2D eigenvalue weighted by Crippen LogP contribution is 2.28. The highest BCUT2D eigenvalue weighted by atomic mass is 16.5. The van der Waals surface area contributed by atoms with Gasteiger partial charge in [-0.1, -0.05) is 12.1 Å². The molecule has 8 nitrogen and oxygen atoms in total. The van der Waals surface area contributed by atoms with Gasteiger partial charge in [-0.15, -0.1) is 5.10 Å². The Bertz CT molecular complexity index is 862. The van der Waals surface area contributed by atoms with E-state index < -0.39 is 0 Å². The predicted octanol–water partition coefficient (Wildman–Crippen LogP) is 2.41. The van der Waals surface area contributed by atoms with Gasteiger partial charge in [0.05, 0.1) is 31.8 Å². The molecular weight excluding hydrogens is 344 g/mol. The van der Waals surface area contributed by atoms with Crippen LogP contribution in [0.3, 0.4) is 0 Å². The number of rotatable bonds is 6. The van der Waals surface area contributed by atoms with Crippen LogP contribution in [0, 0.1) is 0 Å². The molecular formula is C19H22N6O2. The summed E-state index contributed by atoms with van der Waals surface area (Å²) in [7, 11) is 1.70. The zero-order chi connectivity index (χ0) is 18.5. The molecule has 0 saturated carbocycles. The fourth-order valence-electron chi connectivity index (χ4n) is 3.14. The Kier molecular flexibility index (Phi) is 5.04. The monoisotopic (exact) mass is 366 g/mol. The van der Waals surface area contributed by atoms with E-state index in [1.807, 2.05) is 30.3 Å². The van der Waals surface area contributed by atoms with E-state index >= 15 is 0 Å². The van der Waals surface area contributed by atoms with Gasteiger partial charge in [0, 0.05) is 26.2 Å². The van der Waals surface area contributed by atoms with Crippen molar-refractivity contribution >= 4 is 17.5 Å². The summed E-state index contributed by atoms with van der Waals surface area (Å²) in [5.74, 6) is 3.07. The normalized spacial score (nSPS) is 14.3. The summed E-state index contributed by atoms with van der Waals surface area (Å²) >= 11 is 0. The van der Waals surface area contributed by atoms with Crippen LogP contribution in [0.25, 0.3) is 0 Å². The molecule has 1 aromatic carbocycles. The van der Waals surface area contributed by atoms with Gasteiger partial charge in [0.25, 0.3) is 0 Å². The van der Waals surface area contributed by atoms with Gasteiger partial charge in [-0.2, -0.15) is 10.1 Å². The highest BCUT2D eigenvalue weighted by Gasteiger charge is 2.21. The molecule has 1 fully saturated rings. The number of ether oxygens (including phenoxy) is 1. The third kappa shape index (κ3) is 3.94. The smallest absolute Gasteiger partial charge is 0.247 e. The Morgan fingerprint density at radius 1 is 1.07 bits per heavy atom. The summed E-state index contributed by atoms with van der Waals surface area (Å²) in [6, 6.07) is 11.9. The van der Waals surface area contributed by atoms with Gasteiger partial charge in [-0.05, 0) is 24.3 Å². The van der Waals surface area contributed by atoms with E-state index in [-0.39, 0.29) is 0 Å². The molecule has 1 N–H and O–H groups in total. The van der Waals surface area contributed by atoms with Crippen LogP contribution < -0.4 is 19.9 Å². The number of hydrogen-bond acceptors (Lipinski definition) is 8. The Morgan fingerprint density at radius 2 is 1.89 bits per heavy atom. The van der Waals surface area contributed by atoms with E-state index in [9.17, 15) is 0 Å². The van der Waals surface area contributed by atoms with Gasteiger partial charge >= 0.3 is 0 Å². The summed E-state index contributed by atoms with van der Waals surface area (Å²) in [4.78, 5) is 9.05. The Balaban J connectivity index is 1.38. The van der Waals surface area contributed by atoms with Crippen LogP contribution in [-0.2, 0) is 6.54 Å². The zero-order valence-electron chi connectivity index (χ0n) is 15.2. The van der Waals surface area contributed by atoms with Crippen LogP contribution in [0.2, 0.25) is 0 Å². The van der Waals surface area contributed by atoms with Crippen molar-refractivity contribution in [3.05, 3.63) is 54.6 Å². The lowest BCUT2D eigenvalue weighted by Gasteiger charge is -2.36. The quantitative estimate of drug-likeness (QED) is 0.712.